The lowest BCUT2D eigenvalue weighted by atomic mass is 9.98. The number of halogens is 2. The molecule has 0 spiro atoms. The first kappa shape index (κ1) is 14.8. The Balaban J connectivity index is 2.25. The zero-order valence-corrected chi connectivity index (χ0v) is 12.1. The topological polar surface area (TPSA) is 49.4 Å². The lowest BCUT2D eigenvalue weighted by molar-refractivity contribution is -0.148. The van der Waals surface area contributed by atoms with Crippen molar-refractivity contribution in [2.24, 2.45) is 5.92 Å². The Morgan fingerprint density at radius 3 is 2.75 bits per heavy atom. The summed E-state index contributed by atoms with van der Waals surface area (Å²) in [5, 5.41) is 2.61. The smallest absolute Gasteiger partial charge is 0.243 e. The van der Waals surface area contributed by atoms with Crippen molar-refractivity contribution in [3.63, 3.8) is 0 Å². The van der Waals surface area contributed by atoms with Gasteiger partial charge in [0.25, 0.3) is 0 Å². The summed E-state index contributed by atoms with van der Waals surface area (Å²) in [4.78, 5) is 25.4. The highest BCUT2D eigenvalue weighted by Gasteiger charge is 2.36. The fraction of sp³-hybridized carbons (Fsp3) is 0.429. The molecule has 1 aliphatic heterocycles. The second-order valence-corrected chi connectivity index (χ2v) is 5.58. The van der Waals surface area contributed by atoms with Crippen LogP contribution in [0.5, 0.6) is 0 Å². The molecule has 1 heterocycles. The number of piperazine rings is 1. The number of rotatable bonds is 3. The summed E-state index contributed by atoms with van der Waals surface area (Å²) >= 11 is 5.63. The number of nitrogens with one attached hydrogen (secondary N) is 1. The fourth-order valence-electron chi connectivity index (χ4n) is 2.35. The van der Waals surface area contributed by atoms with E-state index in [9.17, 15) is 14.0 Å². The van der Waals surface area contributed by atoms with E-state index >= 15 is 0 Å². The van der Waals surface area contributed by atoms with Crippen molar-refractivity contribution in [2.75, 3.05) is 6.54 Å². The maximum Gasteiger partial charge on any atom is 0.243 e. The molecule has 1 aromatic rings. The van der Waals surface area contributed by atoms with Gasteiger partial charge in [-0.15, -0.1) is 0 Å². The highest BCUT2D eigenvalue weighted by molar-refractivity contribution is 6.30. The van der Waals surface area contributed by atoms with E-state index in [2.05, 4.69) is 5.32 Å². The van der Waals surface area contributed by atoms with Crippen LogP contribution >= 0.6 is 11.6 Å². The monoisotopic (exact) mass is 298 g/mol. The quantitative estimate of drug-likeness (QED) is 0.927. The Bertz CT molecular complexity index is 548. The molecule has 1 aliphatic rings. The minimum atomic E-state index is -0.532. The predicted octanol–water partition coefficient (Wildman–Crippen LogP) is 1.96. The molecule has 4 nitrogen and oxygen atoms in total. The van der Waals surface area contributed by atoms with Gasteiger partial charge in [-0.2, -0.15) is 0 Å². The Morgan fingerprint density at radius 2 is 2.15 bits per heavy atom. The molecule has 2 amide bonds. The van der Waals surface area contributed by atoms with Crippen LogP contribution in [0.2, 0.25) is 5.02 Å². The average Bonchev–Trinajstić information content (AvgIpc) is 2.38. The van der Waals surface area contributed by atoms with Gasteiger partial charge in [-0.05, 0) is 23.6 Å². The lowest BCUT2D eigenvalue weighted by Crippen LogP contribution is -2.59. The van der Waals surface area contributed by atoms with Gasteiger partial charge in [-0.25, -0.2) is 4.39 Å². The third kappa shape index (κ3) is 2.93. The van der Waals surface area contributed by atoms with E-state index in [4.69, 9.17) is 11.6 Å². The lowest BCUT2D eigenvalue weighted by Gasteiger charge is -2.37. The van der Waals surface area contributed by atoms with Crippen LogP contribution in [0.3, 0.4) is 0 Å². The van der Waals surface area contributed by atoms with Gasteiger partial charge in [-0.1, -0.05) is 31.5 Å². The number of carbonyl (C=O) groups is 2. The molecule has 0 saturated carbocycles. The van der Waals surface area contributed by atoms with Crippen molar-refractivity contribution in [2.45, 2.75) is 26.4 Å². The van der Waals surface area contributed by atoms with Crippen molar-refractivity contribution >= 4 is 23.4 Å². The molecule has 0 radical (unpaired) electrons. The number of nitrogens with zero attached hydrogens (tertiary/aromatic N) is 1. The van der Waals surface area contributed by atoms with E-state index in [1.807, 2.05) is 13.8 Å². The van der Waals surface area contributed by atoms with Gasteiger partial charge in [0, 0.05) is 6.54 Å². The first-order valence-corrected chi connectivity index (χ1v) is 6.79. The molecule has 1 fully saturated rings. The Labute approximate surface area is 121 Å². The van der Waals surface area contributed by atoms with Crippen molar-refractivity contribution in [1.29, 1.82) is 0 Å². The molecule has 0 aromatic heterocycles. The van der Waals surface area contributed by atoms with Crippen LogP contribution in [0.25, 0.3) is 0 Å². The molecular formula is C14H16ClFN2O2. The summed E-state index contributed by atoms with van der Waals surface area (Å²) in [6.07, 6.45) is 0. The molecule has 6 heteroatoms. The van der Waals surface area contributed by atoms with Crippen LogP contribution in [0.4, 0.5) is 4.39 Å². The second-order valence-electron chi connectivity index (χ2n) is 5.18. The van der Waals surface area contributed by atoms with Crippen LogP contribution in [0, 0.1) is 11.7 Å². The van der Waals surface area contributed by atoms with E-state index in [-0.39, 0.29) is 35.8 Å². The predicted molar refractivity (Wildman–Crippen MR) is 73.6 cm³/mol. The minimum absolute atomic E-state index is 0.0157. The van der Waals surface area contributed by atoms with Crippen LogP contribution in [0.1, 0.15) is 19.4 Å². The molecule has 1 aromatic carbocycles. The van der Waals surface area contributed by atoms with E-state index in [0.717, 1.165) is 0 Å². The molecule has 1 atom stereocenters. The van der Waals surface area contributed by atoms with E-state index in [0.29, 0.717) is 5.56 Å². The summed E-state index contributed by atoms with van der Waals surface area (Å²) in [5.74, 6) is -0.886. The molecular weight excluding hydrogens is 283 g/mol. The maximum atomic E-state index is 13.4. The average molecular weight is 299 g/mol. The third-order valence-corrected chi connectivity index (χ3v) is 3.61. The van der Waals surface area contributed by atoms with Crippen molar-refractivity contribution < 1.29 is 14.0 Å². The minimum Gasteiger partial charge on any atom is -0.345 e. The van der Waals surface area contributed by atoms with Gasteiger partial charge in [0.15, 0.2) is 0 Å². The summed E-state index contributed by atoms with van der Waals surface area (Å²) < 4.78 is 13.4. The van der Waals surface area contributed by atoms with Gasteiger partial charge in [0.2, 0.25) is 11.8 Å². The van der Waals surface area contributed by atoms with Gasteiger partial charge >= 0.3 is 0 Å². The first-order valence-electron chi connectivity index (χ1n) is 6.41. The summed E-state index contributed by atoms with van der Waals surface area (Å²) in [6, 6.07) is 3.86. The summed E-state index contributed by atoms with van der Waals surface area (Å²) in [5.41, 5.74) is 0.612. The number of hydrogen-bond donors (Lipinski definition) is 1. The second kappa shape index (κ2) is 5.79. The Hall–Kier alpha value is -1.62. The standard InChI is InChI=1S/C14H16ClFN2O2/c1-8(2)13-14(20)17-6-12(19)18(13)7-9-3-4-10(15)11(16)5-9/h3-5,8,13H,6-7H2,1-2H3,(H,17,20). The molecule has 1 saturated heterocycles. The van der Waals surface area contributed by atoms with E-state index in [1.165, 1.54) is 17.0 Å². The Kier molecular flexibility index (Phi) is 4.28. The zero-order chi connectivity index (χ0) is 14.9. The molecule has 1 unspecified atom stereocenters. The molecule has 0 bridgehead atoms. The molecule has 108 valence electrons. The van der Waals surface area contributed by atoms with Crippen molar-refractivity contribution in [3.8, 4) is 0 Å². The van der Waals surface area contributed by atoms with E-state index in [1.54, 1.807) is 6.07 Å². The molecule has 0 aliphatic carbocycles. The van der Waals surface area contributed by atoms with Gasteiger partial charge in [0.05, 0.1) is 11.6 Å². The van der Waals surface area contributed by atoms with Crippen LogP contribution < -0.4 is 5.32 Å². The zero-order valence-electron chi connectivity index (χ0n) is 11.3. The molecule has 20 heavy (non-hydrogen) atoms. The molecule has 1 N–H and O–H groups in total. The third-order valence-electron chi connectivity index (χ3n) is 3.31. The summed E-state index contributed by atoms with van der Waals surface area (Å²) in [7, 11) is 0. The number of hydrogen-bond acceptors (Lipinski definition) is 2. The van der Waals surface area contributed by atoms with Crippen LogP contribution in [-0.4, -0.2) is 29.3 Å². The normalized spacial score (nSPS) is 19.4. The van der Waals surface area contributed by atoms with Crippen LogP contribution in [-0.2, 0) is 16.1 Å². The highest BCUT2D eigenvalue weighted by atomic mass is 35.5. The number of amides is 2. The highest BCUT2D eigenvalue weighted by Crippen LogP contribution is 2.21. The largest absolute Gasteiger partial charge is 0.345 e. The van der Waals surface area contributed by atoms with Crippen molar-refractivity contribution in [1.82, 2.24) is 10.2 Å². The van der Waals surface area contributed by atoms with Gasteiger partial charge < -0.3 is 10.2 Å². The number of carbonyl (C=O) groups excluding carboxylic acids is 2. The Morgan fingerprint density at radius 1 is 1.45 bits per heavy atom. The van der Waals surface area contributed by atoms with Crippen molar-refractivity contribution in [3.05, 3.63) is 34.6 Å². The maximum absolute atomic E-state index is 13.4. The first-order chi connectivity index (χ1) is 9.40. The van der Waals surface area contributed by atoms with Crippen LogP contribution in [0.15, 0.2) is 18.2 Å². The van der Waals surface area contributed by atoms with Gasteiger partial charge in [-0.3, -0.25) is 9.59 Å². The number of benzene rings is 1. The van der Waals surface area contributed by atoms with Gasteiger partial charge in [0.1, 0.15) is 11.9 Å². The molecule has 2 rings (SSSR count). The fourth-order valence-corrected chi connectivity index (χ4v) is 2.47. The van der Waals surface area contributed by atoms with E-state index < -0.39 is 11.9 Å². The summed E-state index contributed by atoms with van der Waals surface area (Å²) in [6.45, 7) is 3.93. The SMILES string of the molecule is CC(C)C1C(=O)NCC(=O)N1Cc1ccc(Cl)c(F)c1.